The van der Waals surface area contributed by atoms with Crippen LogP contribution in [0.5, 0.6) is 5.88 Å². The van der Waals surface area contributed by atoms with Gasteiger partial charge in [0.2, 0.25) is 11.8 Å². The summed E-state index contributed by atoms with van der Waals surface area (Å²) in [4.78, 5) is 20.2. The average molecular weight is 278 g/mol. The maximum Gasteiger partial charge on any atom is 0.242 e. The molecule has 2 heterocycles. The lowest BCUT2D eigenvalue weighted by molar-refractivity contribution is -0.128. The Bertz CT molecular complexity index is 472. The van der Waals surface area contributed by atoms with E-state index in [2.05, 4.69) is 4.98 Å². The van der Waals surface area contributed by atoms with Gasteiger partial charge in [0.05, 0.1) is 18.8 Å². The molecule has 2 N–H and O–H groups in total. The fourth-order valence-corrected chi connectivity index (χ4v) is 2.26. The number of nitrogen functional groups attached to an aromatic ring is 1. The van der Waals surface area contributed by atoms with Gasteiger partial charge < -0.3 is 20.3 Å². The molecule has 1 aromatic heterocycles. The third kappa shape index (κ3) is 3.31. The van der Waals surface area contributed by atoms with Crippen molar-refractivity contribution < 1.29 is 9.53 Å². The Balaban J connectivity index is 2.02. The molecule has 0 bridgehead atoms. The fourth-order valence-electron chi connectivity index (χ4n) is 2.26. The van der Waals surface area contributed by atoms with Gasteiger partial charge in [-0.15, -0.1) is 0 Å². The highest BCUT2D eigenvalue weighted by Crippen LogP contribution is 2.22. The molecule has 1 fully saturated rings. The number of rotatable bonds is 5. The molecule has 0 radical (unpaired) electrons. The van der Waals surface area contributed by atoms with E-state index in [0.29, 0.717) is 30.5 Å². The summed E-state index contributed by atoms with van der Waals surface area (Å²) in [6, 6.07) is 3.55. The molecule has 1 amide bonds. The zero-order chi connectivity index (χ0) is 14.5. The van der Waals surface area contributed by atoms with Crippen molar-refractivity contribution >= 4 is 17.4 Å². The highest BCUT2D eigenvalue weighted by molar-refractivity contribution is 5.81. The predicted octanol–water partition coefficient (Wildman–Crippen LogP) is 1.12. The summed E-state index contributed by atoms with van der Waals surface area (Å²) in [6.45, 7) is 4.45. The molecule has 1 aliphatic heterocycles. The first-order valence-corrected chi connectivity index (χ1v) is 7.00. The summed E-state index contributed by atoms with van der Waals surface area (Å²) in [5, 5.41) is 0. The monoisotopic (exact) mass is 278 g/mol. The Morgan fingerprint density at radius 2 is 2.15 bits per heavy atom. The summed E-state index contributed by atoms with van der Waals surface area (Å²) < 4.78 is 5.37. The quantitative estimate of drug-likeness (QED) is 0.874. The molecule has 1 aliphatic rings. The van der Waals surface area contributed by atoms with Crippen LogP contribution in [0.2, 0.25) is 0 Å². The molecule has 0 aromatic carbocycles. The summed E-state index contributed by atoms with van der Waals surface area (Å²) in [7, 11) is 1.85. The number of hydrogen-bond acceptors (Lipinski definition) is 5. The van der Waals surface area contributed by atoms with Gasteiger partial charge in [-0.3, -0.25) is 4.79 Å². The number of nitrogens with zero attached hydrogens (tertiary/aromatic N) is 3. The Kier molecular flexibility index (Phi) is 4.65. The third-order valence-electron chi connectivity index (χ3n) is 3.38. The standard InChI is InChI=1S/C14H22N4O2/c1-3-20-14-11(15)6-7-12(16-14)17(2)10-13(19)18-8-4-5-9-18/h6-7H,3-5,8-10,15H2,1-2H3. The number of pyridine rings is 1. The van der Waals surface area contributed by atoms with E-state index in [9.17, 15) is 4.79 Å². The topological polar surface area (TPSA) is 71.7 Å². The minimum absolute atomic E-state index is 0.140. The van der Waals surface area contributed by atoms with Crippen molar-refractivity contribution in [2.75, 3.05) is 43.9 Å². The van der Waals surface area contributed by atoms with Crippen LogP contribution in [0.4, 0.5) is 11.5 Å². The van der Waals surface area contributed by atoms with Crippen LogP contribution in [0.1, 0.15) is 19.8 Å². The first kappa shape index (κ1) is 14.4. The van der Waals surface area contributed by atoms with Crippen LogP contribution in [0, 0.1) is 0 Å². The second-order valence-electron chi connectivity index (χ2n) is 4.94. The molecule has 0 atom stereocenters. The van der Waals surface area contributed by atoms with Crippen molar-refractivity contribution in [1.29, 1.82) is 0 Å². The van der Waals surface area contributed by atoms with Crippen molar-refractivity contribution in [2.24, 2.45) is 0 Å². The van der Waals surface area contributed by atoms with Gasteiger partial charge in [-0.1, -0.05) is 0 Å². The van der Waals surface area contributed by atoms with Crippen LogP contribution < -0.4 is 15.4 Å². The highest BCUT2D eigenvalue weighted by Gasteiger charge is 2.20. The fraction of sp³-hybridized carbons (Fsp3) is 0.571. The first-order chi connectivity index (χ1) is 9.61. The molecule has 0 unspecified atom stereocenters. The molecular weight excluding hydrogens is 256 g/mol. The van der Waals surface area contributed by atoms with Gasteiger partial charge >= 0.3 is 0 Å². The van der Waals surface area contributed by atoms with Gasteiger partial charge in [0.25, 0.3) is 0 Å². The van der Waals surface area contributed by atoms with Crippen LogP contribution in [-0.4, -0.2) is 49.1 Å². The number of carbonyl (C=O) groups excluding carboxylic acids is 1. The first-order valence-electron chi connectivity index (χ1n) is 7.00. The Hall–Kier alpha value is -1.98. The van der Waals surface area contributed by atoms with Gasteiger partial charge in [0.1, 0.15) is 5.82 Å². The maximum atomic E-state index is 12.1. The SMILES string of the molecule is CCOc1nc(N(C)CC(=O)N2CCCC2)ccc1N. The lowest BCUT2D eigenvalue weighted by Gasteiger charge is -2.22. The maximum absolute atomic E-state index is 12.1. The van der Waals surface area contributed by atoms with Crippen LogP contribution in [0.15, 0.2) is 12.1 Å². The van der Waals surface area contributed by atoms with E-state index < -0.39 is 0 Å². The molecular formula is C14H22N4O2. The Morgan fingerprint density at radius 3 is 2.80 bits per heavy atom. The van der Waals surface area contributed by atoms with E-state index in [4.69, 9.17) is 10.5 Å². The molecule has 1 aromatic rings. The predicted molar refractivity (Wildman–Crippen MR) is 78.9 cm³/mol. The molecule has 0 spiro atoms. The van der Waals surface area contributed by atoms with E-state index in [1.807, 2.05) is 23.8 Å². The highest BCUT2D eigenvalue weighted by atomic mass is 16.5. The minimum atomic E-state index is 0.140. The van der Waals surface area contributed by atoms with E-state index in [1.165, 1.54) is 0 Å². The van der Waals surface area contributed by atoms with Crippen molar-refractivity contribution in [3.05, 3.63) is 12.1 Å². The lowest BCUT2D eigenvalue weighted by atomic mass is 10.3. The van der Waals surface area contributed by atoms with Crippen molar-refractivity contribution in [3.63, 3.8) is 0 Å². The van der Waals surface area contributed by atoms with E-state index in [0.717, 1.165) is 25.9 Å². The molecule has 0 aliphatic carbocycles. The average Bonchev–Trinajstić information content (AvgIpc) is 2.95. The minimum Gasteiger partial charge on any atom is -0.476 e. The van der Waals surface area contributed by atoms with Crippen molar-refractivity contribution in [2.45, 2.75) is 19.8 Å². The second-order valence-corrected chi connectivity index (χ2v) is 4.94. The van der Waals surface area contributed by atoms with Gasteiger partial charge in [-0.05, 0) is 31.9 Å². The Labute approximate surface area is 119 Å². The summed E-state index contributed by atoms with van der Waals surface area (Å²) in [5.74, 6) is 1.25. The van der Waals surface area contributed by atoms with Crippen LogP contribution in [0.3, 0.4) is 0 Å². The zero-order valence-corrected chi connectivity index (χ0v) is 12.1. The van der Waals surface area contributed by atoms with Gasteiger partial charge in [0, 0.05) is 20.1 Å². The van der Waals surface area contributed by atoms with E-state index in [1.54, 1.807) is 12.1 Å². The van der Waals surface area contributed by atoms with Crippen molar-refractivity contribution in [1.82, 2.24) is 9.88 Å². The zero-order valence-electron chi connectivity index (χ0n) is 12.1. The molecule has 20 heavy (non-hydrogen) atoms. The number of aromatic nitrogens is 1. The van der Waals surface area contributed by atoms with Gasteiger partial charge in [-0.2, -0.15) is 4.98 Å². The smallest absolute Gasteiger partial charge is 0.242 e. The van der Waals surface area contributed by atoms with Crippen molar-refractivity contribution in [3.8, 4) is 5.88 Å². The molecule has 0 saturated carbocycles. The number of likely N-dealkylation sites (N-methyl/N-ethyl adjacent to an activating group) is 1. The normalized spacial score (nSPS) is 14.4. The lowest BCUT2D eigenvalue weighted by Crippen LogP contribution is -2.37. The summed E-state index contributed by atoms with van der Waals surface area (Å²) in [5.41, 5.74) is 6.30. The molecule has 6 nitrogen and oxygen atoms in total. The van der Waals surface area contributed by atoms with Crippen LogP contribution in [0.25, 0.3) is 0 Å². The van der Waals surface area contributed by atoms with Crippen LogP contribution >= 0.6 is 0 Å². The summed E-state index contributed by atoms with van der Waals surface area (Å²) in [6.07, 6.45) is 2.20. The molecule has 1 saturated heterocycles. The van der Waals surface area contributed by atoms with E-state index >= 15 is 0 Å². The number of amides is 1. The number of likely N-dealkylation sites (tertiary alicyclic amines) is 1. The van der Waals surface area contributed by atoms with Gasteiger partial charge in [0.15, 0.2) is 0 Å². The Morgan fingerprint density at radius 1 is 1.45 bits per heavy atom. The number of ether oxygens (including phenoxy) is 1. The summed E-state index contributed by atoms with van der Waals surface area (Å²) >= 11 is 0. The number of nitrogens with two attached hydrogens (primary N) is 1. The molecule has 6 heteroatoms. The van der Waals surface area contributed by atoms with Gasteiger partial charge in [-0.25, -0.2) is 0 Å². The number of carbonyl (C=O) groups is 1. The largest absolute Gasteiger partial charge is 0.476 e. The number of hydrogen-bond donors (Lipinski definition) is 1. The number of anilines is 2. The van der Waals surface area contributed by atoms with E-state index in [-0.39, 0.29) is 5.91 Å². The third-order valence-corrected chi connectivity index (χ3v) is 3.38. The second kappa shape index (κ2) is 6.45. The molecule has 2 rings (SSSR count). The molecule has 110 valence electrons. The van der Waals surface area contributed by atoms with Crippen LogP contribution in [-0.2, 0) is 4.79 Å².